The van der Waals surface area contributed by atoms with E-state index < -0.39 is 36.4 Å². The summed E-state index contributed by atoms with van der Waals surface area (Å²) in [5.74, 6) is -7.50. The third-order valence-electron chi connectivity index (χ3n) is 5.79. The Hall–Kier alpha value is -3.39. The van der Waals surface area contributed by atoms with E-state index in [-0.39, 0.29) is 0 Å². The highest BCUT2D eigenvalue weighted by atomic mass is 19.4. The zero-order valence-corrected chi connectivity index (χ0v) is 23.0. The fourth-order valence-electron chi connectivity index (χ4n) is 3.91. The maximum absolute atomic E-state index is 10.6. The number of alkyl halides is 9. The average molecular weight is 647 g/mol. The number of hydrogen-bond donors (Lipinski definition) is 3. The van der Waals surface area contributed by atoms with Crippen molar-refractivity contribution >= 4 is 17.9 Å². The highest BCUT2D eigenvalue weighted by molar-refractivity contribution is 5.73. The summed E-state index contributed by atoms with van der Waals surface area (Å²) in [6.07, 6.45) is -10.9. The van der Waals surface area contributed by atoms with Gasteiger partial charge in [-0.2, -0.15) is 39.5 Å². The summed E-state index contributed by atoms with van der Waals surface area (Å²) in [6.45, 7) is 5.73. The average Bonchev–Trinajstić information content (AvgIpc) is 3.45. The molecule has 1 aromatic heterocycles. The molecule has 2 unspecified atom stereocenters. The molecule has 0 spiro atoms. The van der Waals surface area contributed by atoms with Gasteiger partial charge in [0.15, 0.2) is 0 Å². The number of likely N-dealkylation sites (N-methyl/N-ethyl adjacent to an activating group) is 1. The van der Waals surface area contributed by atoms with Crippen molar-refractivity contribution in [1.82, 2.24) is 19.7 Å². The topological polar surface area (TPSA) is 144 Å². The van der Waals surface area contributed by atoms with Gasteiger partial charge in [-0.1, -0.05) is 6.07 Å². The molecule has 0 amide bonds. The van der Waals surface area contributed by atoms with Gasteiger partial charge in [-0.05, 0) is 33.0 Å². The van der Waals surface area contributed by atoms with Crippen molar-refractivity contribution in [2.45, 2.75) is 50.0 Å². The first-order valence-corrected chi connectivity index (χ1v) is 12.0. The minimum atomic E-state index is -5.08. The molecule has 3 N–H and O–H groups in total. The highest BCUT2D eigenvalue weighted by Gasteiger charge is 2.42. The number of methoxy groups -OCH3 is 1. The molecule has 11 nitrogen and oxygen atoms in total. The predicted octanol–water partition coefficient (Wildman–Crippen LogP) is 3.20. The predicted molar refractivity (Wildman–Crippen MR) is 129 cm³/mol. The Kier molecular flexibility index (Phi) is 15.7. The number of carboxylic acid groups (broad SMARTS) is 3. The molecule has 43 heavy (non-hydrogen) atoms. The van der Waals surface area contributed by atoms with Gasteiger partial charge in [-0.25, -0.2) is 19.4 Å². The Balaban J connectivity index is 0.000000690. The molecule has 0 radical (unpaired) electrons. The number of aromatic nitrogens is 1. The van der Waals surface area contributed by atoms with Crippen LogP contribution in [0.25, 0.3) is 0 Å². The number of rotatable bonds is 6. The minimum Gasteiger partial charge on any atom is -0.481 e. The van der Waals surface area contributed by atoms with Crippen molar-refractivity contribution in [2.24, 2.45) is 0 Å². The Morgan fingerprint density at radius 3 is 1.63 bits per heavy atom. The summed E-state index contributed by atoms with van der Waals surface area (Å²) in [6, 6.07) is 5.58. The molecule has 3 heterocycles. The molecule has 0 bridgehead atoms. The SMILES string of the molecule is COc1ncccc1CN1CCC2C1CCN2CCN(C)C.O=C(O)C(F)(F)F.O=C(O)C(F)(F)F.O=C(O)C(F)(F)F. The minimum absolute atomic E-state index is 0.701. The number of likely N-dealkylation sites (tertiary alicyclic amines) is 2. The lowest BCUT2D eigenvalue weighted by Gasteiger charge is -2.26. The number of carboxylic acids is 3. The van der Waals surface area contributed by atoms with E-state index in [1.54, 1.807) is 13.3 Å². The van der Waals surface area contributed by atoms with Crippen LogP contribution in [0, 0.1) is 0 Å². The van der Waals surface area contributed by atoms with Crippen LogP contribution in [0.3, 0.4) is 0 Å². The molecular formula is C23H31F9N4O7. The smallest absolute Gasteiger partial charge is 0.481 e. The number of halogens is 9. The van der Waals surface area contributed by atoms with E-state index in [1.165, 1.54) is 38.0 Å². The van der Waals surface area contributed by atoms with Crippen molar-refractivity contribution in [1.29, 1.82) is 0 Å². The third kappa shape index (κ3) is 15.1. The number of carbonyl (C=O) groups is 3. The van der Waals surface area contributed by atoms with Crippen molar-refractivity contribution < 1.29 is 74.0 Å². The second-order valence-electron chi connectivity index (χ2n) is 9.10. The number of pyridine rings is 1. The Morgan fingerprint density at radius 2 is 1.26 bits per heavy atom. The van der Waals surface area contributed by atoms with Gasteiger partial charge in [0.2, 0.25) is 5.88 Å². The third-order valence-corrected chi connectivity index (χ3v) is 5.79. The lowest BCUT2D eigenvalue weighted by Crippen LogP contribution is -2.39. The maximum Gasteiger partial charge on any atom is 0.490 e. The monoisotopic (exact) mass is 646 g/mol. The highest BCUT2D eigenvalue weighted by Crippen LogP contribution is 2.33. The lowest BCUT2D eigenvalue weighted by molar-refractivity contribution is -0.193. The molecule has 2 aliphatic heterocycles. The molecule has 248 valence electrons. The Morgan fingerprint density at radius 1 is 0.860 bits per heavy atom. The van der Waals surface area contributed by atoms with Crippen LogP contribution < -0.4 is 4.74 Å². The summed E-state index contributed by atoms with van der Waals surface area (Å²) in [4.78, 5) is 38.6. The van der Waals surface area contributed by atoms with Crippen LogP contribution in [0.15, 0.2) is 18.3 Å². The molecule has 2 aliphatic rings. The van der Waals surface area contributed by atoms with Crippen LogP contribution in [-0.4, -0.2) is 131 Å². The standard InChI is InChI=1S/C17H28N4O.3C2HF3O2/c1-19(2)11-12-20-9-6-16-15(20)7-10-21(16)13-14-5-4-8-18-17(14)22-3;3*3-2(4,5)1(6)7/h4-5,8,15-16H,6-7,9-13H2,1-3H3;3*(H,6,7). The fraction of sp³-hybridized carbons (Fsp3) is 0.652. The Labute approximate surface area is 239 Å². The summed E-state index contributed by atoms with van der Waals surface area (Å²) < 4.78 is 101. The molecule has 3 rings (SSSR count). The molecule has 2 fully saturated rings. The van der Waals surface area contributed by atoms with Gasteiger partial charge in [0.05, 0.1) is 7.11 Å². The summed E-state index contributed by atoms with van der Waals surface area (Å²) >= 11 is 0. The van der Waals surface area contributed by atoms with E-state index in [0.717, 1.165) is 25.0 Å². The van der Waals surface area contributed by atoms with Gasteiger partial charge in [0.1, 0.15) is 0 Å². The molecule has 0 aromatic carbocycles. The van der Waals surface area contributed by atoms with Gasteiger partial charge in [0.25, 0.3) is 0 Å². The first kappa shape index (κ1) is 39.6. The number of aliphatic carboxylic acids is 3. The van der Waals surface area contributed by atoms with Crippen LogP contribution in [0.5, 0.6) is 5.88 Å². The second-order valence-corrected chi connectivity index (χ2v) is 9.10. The van der Waals surface area contributed by atoms with Gasteiger partial charge < -0.3 is 25.0 Å². The first-order chi connectivity index (χ1) is 19.5. The van der Waals surface area contributed by atoms with E-state index in [9.17, 15) is 39.5 Å². The number of nitrogens with zero attached hydrogens (tertiary/aromatic N) is 4. The molecule has 1 aromatic rings. The van der Waals surface area contributed by atoms with Gasteiger partial charge in [-0.3, -0.25) is 9.80 Å². The Bertz CT molecular complexity index is 981. The van der Waals surface area contributed by atoms with Crippen molar-refractivity contribution in [3.8, 4) is 5.88 Å². The zero-order chi connectivity index (χ0) is 33.8. The molecule has 0 aliphatic carbocycles. The number of fused-ring (bicyclic) bond motifs is 1. The zero-order valence-electron chi connectivity index (χ0n) is 23.0. The second kappa shape index (κ2) is 17.0. The fourth-order valence-corrected chi connectivity index (χ4v) is 3.91. The van der Waals surface area contributed by atoms with E-state index >= 15 is 0 Å². The summed E-state index contributed by atoms with van der Waals surface area (Å²) in [5, 5.41) is 21.4. The van der Waals surface area contributed by atoms with E-state index in [1.807, 2.05) is 6.07 Å². The van der Waals surface area contributed by atoms with E-state index in [4.69, 9.17) is 34.4 Å². The van der Waals surface area contributed by atoms with Crippen molar-refractivity contribution in [3.05, 3.63) is 23.9 Å². The largest absolute Gasteiger partial charge is 0.490 e. The van der Waals surface area contributed by atoms with Crippen molar-refractivity contribution in [3.63, 3.8) is 0 Å². The van der Waals surface area contributed by atoms with Crippen LogP contribution in [0.1, 0.15) is 18.4 Å². The summed E-state index contributed by atoms with van der Waals surface area (Å²) in [5.41, 5.74) is 1.21. The molecule has 20 heteroatoms. The van der Waals surface area contributed by atoms with E-state index in [0.29, 0.717) is 6.04 Å². The first-order valence-electron chi connectivity index (χ1n) is 12.0. The van der Waals surface area contributed by atoms with Crippen LogP contribution in [0.4, 0.5) is 39.5 Å². The van der Waals surface area contributed by atoms with Crippen LogP contribution in [0.2, 0.25) is 0 Å². The number of ether oxygens (including phenoxy) is 1. The van der Waals surface area contributed by atoms with Crippen LogP contribution >= 0.6 is 0 Å². The molecule has 0 saturated carbocycles. The van der Waals surface area contributed by atoms with Gasteiger partial charge >= 0.3 is 36.4 Å². The summed E-state index contributed by atoms with van der Waals surface area (Å²) in [7, 11) is 6.02. The van der Waals surface area contributed by atoms with Crippen molar-refractivity contribution in [2.75, 3.05) is 47.4 Å². The maximum atomic E-state index is 10.6. The van der Waals surface area contributed by atoms with Gasteiger partial charge in [-0.15, -0.1) is 0 Å². The molecule has 2 atom stereocenters. The quantitative estimate of drug-likeness (QED) is 0.392. The van der Waals surface area contributed by atoms with Gasteiger partial charge in [0, 0.05) is 56.6 Å². The molecule has 2 saturated heterocycles. The van der Waals surface area contributed by atoms with Crippen LogP contribution in [-0.2, 0) is 20.9 Å². The number of hydrogen-bond acceptors (Lipinski definition) is 8. The normalized spacial score (nSPS) is 18.7. The molecular weight excluding hydrogens is 615 g/mol. The van der Waals surface area contributed by atoms with E-state index in [2.05, 4.69) is 39.8 Å². The lowest BCUT2D eigenvalue weighted by atomic mass is 10.1.